The first-order valence-corrected chi connectivity index (χ1v) is 8.32. The van der Waals surface area contributed by atoms with Crippen molar-refractivity contribution in [3.63, 3.8) is 0 Å². The van der Waals surface area contributed by atoms with Gasteiger partial charge in [0.25, 0.3) is 0 Å². The summed E-state index contributed by atoms with van der Waals surface area (Å²) in [5.41, 5.74) is 2.41. The van der Waals surface area contributed by atoms with Gasteiger partial charge in [0.15, 0.2) is 0 Å². The van der Waals surface area contributed by atoms with Crippen LogP contribution in [-0.4, -0.2) is 15.2 Å². The van der Waals surface area contributed by atoms with E-state index in [1.54, 1.807) is 17.7 Å². The van der Waals surface area contributed by atoms with Crippen molar-refractivity contribution in [2.24, 2.45) is 0 Å². The van der Waals surface area contributed by atoms with Crippen LogP contribution in [0.1, 0.15) is 11.1 Å². The van der Waals surface area contributed by atoms with Gasteiger partial charge < -0.3 is 0 Å². The second kappa shape index (κ2) is 6.25. The maximum atomic E-state index is 9.41. The Morgan fingerprint density at radius 2 is 2.05 bits per heavy atom. The smallest absolute Gasteiger partial charge is 0.127 e. The summed E-state index contributed by atoms with van der Waals surface area (Å²) < 4.78 is 0. The van der Waals surface area contributed by atoms with Gasteiger partial charge in [0.05, 0.1) is 6.07 Å². The standard InChI is InChI=1S/C16H13N3S2/c1-11-2-4-12(5-3-11)8-13(9-17)21-16-14-6-7-20-15(14)18-10-19-16/h2-7,10,13H,8H2,1H3/t13-/m1/s1. The Balaban J connectivity index is 1.80. The van der Waals surface area contributed by atoms with Crippen LogP contribution in [0.15, 0.2) is 47.1 Å². The minimum atomic E-state index is -0.147. The van der Waals surface area contributed by atoms with Gasteiger partial charge in [0, 0.05) is 5.39 Å². The van der Waals surface area contributed by atoms with Gasteiger partial charge in [-0.1, -0.05) is 41.6 Å². The highest BCUT2D eigenvalue weighted by atomic mass is 32.2. The molecule has 0 spiro atoms. The number of thioether (sulfide) groups is 1. The predicted molar refractivity (Wildman–Crippen MR) is 87.6 cm³/mol. The van der Waals surface area contributed by atoms with Gasteiger partial charge in [-0.25, -0.2) is 9.97 Å². The summed E-state index contributed by atoms with van der Waals surface area (Å²) in [7, 11) is 0. The van der Waals surface area contributed by atoms with Crippen molar-refractivity contribution < 1.29 is 0 Å². The summed E-state index contributed by atoms with van der Waals surface area (Å²) in [5, 5.41) is 13.2. The number of hydrogen-bond acceptors (Lipinski definition) is 5. The number of fused-ring (bicyclic) bond motifs is 1. The van der Waals surface area contributed by atoms with Crippen LogP contribution in [0.5, 0.6) is 0 Å². The molecule has 0 bridgehead atoms. The van der Waals surface area contributed by atoms with Gasteiger partial charge in [0.2, 0.25) is 0 Å². The fourth-order valence-electron chi connectivity index (χ4n) is 2.05. The van der Waals surface area contributed by atoms with E-state index in [1.807, 2.05) is 11.4 Å². The molecule has 5 heteroatoms. The van der Waals surface area contributed by atoms with Crippen molar-refractivity contribution in [3.8, 4) is 6.07 Å². The van der Waals surface area contributed by atoms with Crippen LogP contribution in [0.25, 0.3) is 10.2 Å². The number of nitriles is 1. The van der Waals surface area contributed by atoms with Crippen LogP contribution in [0.3, 0.4) is 0 Å². The Bertz CT molecular complexity index is 787. The summed E-state index contributed by atoms with van der Waals surface area (Å²) in [6, 6.07) is 12.7. The van der Waals surface area contributed by atoms with Crippen LogP contribution in [0.4, 0.5) is 0 Å². The first-order valence-electron chi connectivity index (χ1n) is 6.56. The minimum absolute atomic E-state index is 0.147. The number of rotatable bonds is 4. The Labute approximate surface area is 131 Å². The summed E-state index contributed by atoms with van der Waals surface area (Å²) in [6.45, 7) is 2.06. The summed E-state index contributed by atoms with van der Waals surface area (Å²) >= 11 is 3.11. The van der Waals surface area contributed by atoms with E-state index in [-0.39, 0.29) is 5.25 Å². The molecule has 2 aromatic heterocycles. The number of benzene rings is 1. The molecule has 3 nitrogen and oxygen atoms in total. The van der Waals surface area contributed by atoms with Crippen molar-refractivity contribution in [3.05, 3.63) is 53.2 Å². The molecule has 0 saturated carbocycles. The normalized spacial score (nSPS) is 12.2. The van der Waals surface area contributed by atoms with Gasteiger partial charge in [-0.2, -0.15) is 5.26 Å². The van der Waals surface area contributed by atoms with E-state index in [2.05, 4.69) is 47.2 Å². The Morgan fingerprint density at radius 3 is 2.81 bits per heavy atom. The molecule has 0 aliphatic carbocycles. The van der Waals surface area contributed by atoms with E-state index in [0.29, 0.717) is 0 Å². The highest BCUT2D eigenvalue weighted by molar-refractivity contribution is 8.00. The van der Waals surface area contributed by atoms with Crippen LogP contribution in [0, 0.1) is 18.3 Å². The Morgan fingerprint density at radius 1 is 1.24 bits per heavy atom. The molecular formula is C16H13N3S2. The fourth-order valence-corrected chi connectivity index (χ4v) is 3.84. The topological polar surface area (TPSA) is 49.6 Å². The molecule has 0 N–H and O–H groups in total. The first-order chi connectivity index (χ1) is 10.3. The molecule has 0 fully saturated rings. The second-order valence-corrected chi connectivity index (χ2v) is 6.83. The lowest BCUT2D eigenvalue weighted by Gasteiger charge is -2.09. The largest absolute Gasteiger partial charge is 0.229 e. The van der Waals surface area contributed by atoms with Crippen LogP contribution < -0.4 is 0 Å². The number of aryl methyl sites for hydroxylation is 1. The Hall–Kier alpha value is -1.90. The summed E-state index contributed by atoms with van der Waals surface area (Å²) in [6.07, 6.45) is 2.29. The summed E-state index contributed by atoms with van der Waals surface area (Å²) in [4.78, 5) is 9.54. The van der Waals surface area contributed by atoms with Crippen LogP contribution in [0.2, 0.25) is 0 Å². The van der Waals surface area contributed by atoms with Gasteiger partial charge >= 0.3 is 0 Å². The van der Waals surface area contributed by atoms with E-state index in [0.717, 1.165) is 21.7 Å². The van der Waals surface area contributed by atoms with E-state index in [4.69, 9.17) is 0 Å². The van der Waals surface area contributed by atoms with Gasteiger partial charge in [-0.05, 0) is 30.4 Å². The maximum absolute atomic E-state index is 9.41. The van der Waals surface area contributed by atoms with Gasteiger partial charge in [-0.3, -0.25) is 0 Å². The van der Waals surface area contributed by atoms with Crippen LogP contribution in [-0.2, 0) is 6.42 Å². The monoisotopic (exact) mass is 311 g/mol. The zero-order valence-electron chi connectivity index (χ0n) is 11.5. The van der Waals surface area contributed by atoms with Crippen molar-refractivity contribution >= 4 is 33.3 Å². The second-order valence-electron chi connectivity index (χ2n) is 4.74. The molecule has 1 atom stereocenters. The van der Waals surface area contributed by atoms with E-state index >= 15 is 0 Å². The number of hydrogen-bond donors (Lipinski definition) is 0. The lowest BCUT2D eigenvalue weighted by atomic mass is 10.1. The lowest BCUT2D eigenvalue weighted by Crippen LogP contribution is -2.04. The van der Waals surface area contributed by atoms with E-state index in [1.165, 1.54) is 22.9 Å². The quantitative estimate of drug-likeness (QED) is 0.534. The minimum Gasteiger partial charge on any atom is -0.229 e. The average molecular weight is 311 g/mol. The molecule has 0 radical (unpaired) electrons. The molecule has 0 aliphatic heterocycles. The molecule has 3 rings (SSSR count). The van der Waals surface area contributed by atoms with Crippen molar-refractivity contribution in [1.82, 2.24) is 9.97 Å². The highest BCUT2D eigenvalue weighted by Gasteiger charge is 2.14. The molecule has 0 saturated heterocycles. The third kappa shape index (κ3) is 3.23. The van der Waals surface area contributed by atoms with Crippen molar-refractivity contribution in [2.45, 2.75) is 23.6 Å². The van der Waals surface area contributed by atoms with Crippen molar-refractivity contribution in [1.29, 1.82) is 5.26 Å². The number of thiophene rings is 1. The molecule has 0 aliphatic rings. The molecule has 104 valence electrons. The lowest BCUT2D eigenvalue weighted by molar-refractivity contribution is 1.01. The summed E-state index contributed by atoms with van der Waals surface area (Å²) in [5.74, 6) is 0. The SMILES string of the molecule is Cc1ccc(C[C@H](C#N)Sc2ncnc3sccc23)cc1. The molecule has 3 aromatic rings. The zero-order chi connectivity index (χ0) is 14.7. The molecule has 21 heavy (non-hydrogen) atoms. The van der Waals surface area contributed by atoms with E-state index < -0.39 is 0 Å². The van der Waals surface area contributed by atoms with Gasteiger partial charge in [0.1, 0.15) is 21.4 Å². The number of nitrogens with zero attached hydrogens (tertiary/aromatic N) is 3. The number of aromatic nitrogens is 2. The third-order valence-electron chi connectivity index (χ3n) is 3.16. The molecule has 1 aromatic carbocycles. The zero-order valence-corrected chi connectivity index (χ0v) is 13.1. The molecule has 2 heterocycles. The van der Waals surface area contributed by atoms with Gasteiger partial charge in [-0.15, -0.1) is 11.3 Å². The predicted octanol–water partition coefficient (Wildman–Crippen LogP) is 4.23. The van der Waals surface area contributed by atoms with E-state index in [9.17, 15) is 5.26 Å². The molecule has 0 amide bonds. The molecular weight excluding hydrogens is 298 g/mol. The fraction of sp³-hybridized carbons (Fsp3) is 0.188. The average Bonchev–Trinajstić information content (AvgIpc) is 2.98. The Kier molecular flexibility index (Phi) is 4.18. The van der Waals surface area contributed by atoms with Crippen LogP contribution >= 0.6 is 23.1 Å². The van der Waals surface area contributed by atoms with Crippen molar-refractivity contribution in [2.75, 3.05) is 0 Å². The maximum Gasteiger partial charge on any atom is 0.127 e. The molecule has 0 unspecified atom stereocenters. The third-order valence-corrected chi connectivity index (χ3v) is 5.09. The highest BCUT2D eigenvalue weighted by Crippen LogP contribution is 2.31. The first kappa shape index (κ1) is 14.1.